The van der Waals surface area contributed by atoms with Gasteiger partial charge in [0, 0.05) is 12.3 Å². The Morgan fingerprint density at radius 1 is 1.14 bits per heavy atom. The molecule has 0 fully saturated rings. The zero-order chi connectivity index (χ0) is 15.5. The van der Waals surface area contributed by atoms with E-state index in [0.29, 0.717) is 5.82 Å². The molecule has 2 aromatic carbocycles. The number of carbonyl (C=O) groups excluding carboxylic acids is 1. The van der Waals surface area contributed by atoms with Crippen molar-refractivity contribution in [2.45, 2.75) is 6.92 Å². The van der Waals surface area contributed by atoms with Crippen LogP contribution >= 0.6 is 0 Å². The van der Waals surface area contributed by atoms with E-state index < -0.39 is 11.7 Å². The third kappa shape index (κ3) is 2.88. The molecule has 1 amide bonds. The topological polar surface area (TPSA) is 46.9 Å². The highest BCUT2D eigenvalue weighted by Crippen LogP contribution is 2.14. The summed E-state index contributed by atoms with van der Waals surface area (Å²) in [6, 6.07) is 15.3. The van der Waals surface area contributed by atoms with Crippen molar-refractivity contribution in [1.82, 2.24) is 9.78 Å². The molecule has 3 rings (SSSR count). The molecule has 0 spiro atoms. The Labute approximate surface area is 127 Å². The van der Waals surface area contributed by atoms with E-state index in [1.54, 1.807) is 29.1 Å². The molecule has 0 bridgehead atoms. The fourth-order valence-electron chi connectivity index (χ4n) is 2.13. The normalized spacial score (nSPS) is 10.5. The molecule has 0 aliphatic rings. The van der Waals surface area contributed by atoms with Gasteiger partial charge < -0.3 is 5.32 Å². The highest BCUT2D eigenvalue weighted by atomic mass is 19.1. The summed E-state index contributed by atoms with van der Waals surface area (Å²) in [7, 11) is 0. The number of benzene rings is 2. The first kappa shape index (κ1) is 14.0. The lowest BCUT2D eigenvalue weighted by Gasteiger charge is -2.04. The number of rotatable bonds is 3. The van der Waals surface area contributed by atoms with Crippen molar-refractivity contribution < 1.29 is 9.18 Å². The first-order valence-corrected chi connectivity index (χ1v) is 6.82. The van der Waals surface area contributed by atoms with Crippen molar-refractivity contribution in [2.24, 2.45) is 0 Å². The minimum atomic E-state index is -0.557. The number of halogens is 1. The molecule has 3 aromatic rings. The van der Waals surface area contributed by atoms with Crippen LogP contribution in [-0.4, -0.2) is 15.7 Å². The molecule has 22 heavy (non-hydrogen) atoms. The lowest BCUT2D eigenvalue weighted by Crippen LogP contribution is -2.14. The predicted octanol–water partition coefficient (Wildman–Crippen LogP) is 3.57. The quantitative estimate of drug-likeness (QED) is 0.803. The van der Waals surface area contributed by atoms with Crippen LogP contribution in [0.15, 0.2) is 60.8 Å². The monoisotopic (exact) mass is 295 g/mol. The molecule has 0 atom stereocenters. The average Bonchev–Trinajstić information content (AvgIpc) is 2.96. The van der Waals surface area contributed by atoms with Crippen LogP contribution in [0.5, 0.6) is 0 Å². The number of aryl methyl sites for hydroxylation is 1. The zero-order valence-corrected chi connectivity index (χ0v) is 12.0. The molecule has 0 radical (unpaired) electrons. The second-order valence-corrected chi connectivity index (χ2v) is 4.92. The molecule has 1 N–H and O–H groups in total. The van der Waals surface area contributed by atoms with E-state index in [0.717, 1.165) is 11.3 Å². The smallest absolute Gasteiger partial charge is 0.259 e. The van der Waals surface area contributed by atoms with Crippen LogP contribution in [0, 0.1) is 12.7 Å². The molecule has 0 aliphatic carbocycles. The first-order valence-electron chi connectivity index (χ1n) is 6.82. The van der Waals surface area contributed by atoms with Gasteiger partial charge in [0.2, 0.25) is 0 Å². The van der Waals surface area contributed by atoms with Gasteiger partial charge in [-0.1, -0.05) is 24.3 Å². The predicted molar refractivity (Wildman–Crippen MR) is 82.7 cm³/mol. The lowest BCUT2D eigenvalue weighted by atomic mass is 10.2. The summed E-state index contributed by atoms with van der Waals surface area (Å²) in [5.74, 6) is -0.708. The molecule has 0 saturated heterocycles. The van der Waals surface area contributed by atoms with Gasteiger partial charge in [-0.25, -0.2) is 9.07 Å². The van der Waals surface area contributed by atoms with Crippen LogP contribution in [0.4, 0.5) is 10.2 Å². The molecule has 0 unspecified atom stereocenters. The Bertz CT molecular complexity index is 826. The Morgan fingerprint density at radius 3 is 2.73 bits per heavy atom. The third-order valence-corrected chi connectivity index (χ3v) is 3.22. The summed E-state index contributed by atoms with van der Waals surface area (Å²) in [6.07, 6.45) is 1.74. The van der Waals surface area contributed by atoms with E-state index in [1.807, 2.05) is 31.2 Å². The molecular formula is C17H14FN3O. The van der Waals surface area contributed by atoms with Gasteiger partial charge in [-0.15, -0.1) is 0 Å². The van der Waals surface area contributed by atoms with Crippen LogP contribution in [0.3, 0.4) is 0 Å². The van der Waals surface area contributed by atoms with Crippen LogP contribution in [0.1, 0.15) is 15.9 Å². The van der Waals surface area contributed by atoms with Crippen LogP contribution in [0.25, 0.3) is 5.69 Å². The maximum absolute atomic E-state index is 13.6. The van der Waals surface area contributed by atoms with Gasteiger partial charge in [0.05, 0.1) is 11.3 Å². The minimum absolute atomic E-state index is 0.00685. The second kappa shape index (κ2) is 5.81. The van der Waals surface area contributed by atoms with Gasteiger partial charge in [0.25, 0.3) is 5.91 Å². The SMILES string of the molecule is Cc1cccc(-n2ccc(NC(=O)c3ccccc3F)n2)c1. The maximum Gasteiger partial charge on any atom is 0.259 e. The Kier molecular flexibility index (Phi) is 3.70. The third-order valence-electron chi connectivity index (χ3n) is 3.22. The second-order valence-electron chi connectivity index (χ2n) is 4.92. The van der Waals surface area contributed by atoms with E-state index in [4.69, 9.17) is 0 Å². The molecule has 5 heteroatoms. The van der Waals surface area contributed by atoms with Gasteiger partial charge in [0.1, 0.15) is 5.82 Å². The van der Waals surface area contributed by atoms with Gasteiger partial charge in [-0.05, 0) is 36.8 Å². The van der Waals surface area contributed by atoms with Crippen molar-refractivity contribution in [2.75, 3.05) is 5.32 Å². The van der Waals surface area contributed by atoms with Gasteiger partial charge in [-0.2, -0.15) is 5.10 Å². The van der Waals surface area contributed by atoms with Crippen LogP contribution in [-0.2, 0) is 0 Å². The largest absolute Gasteiger partial charge is 0.305 e. The van der Waals surface area contributed by atoms with E-state index in [1.165, 1.54) is 12.1 Å². The number of aromatic nitrogens is 2. The number of hydrogen-bond donors (Lipinski definition) is 1. The highest BCUT2D eigenvalue weighted by molar-refractivity contribution is 6.03. The molecular weight excluding hydrogens is 281 g/mol. The number of anilines is 1. The van der Waals surface area contributed by atoms with Crippen molar-refractivity contribution in [3.05, 3.63) is 77.7 Å². The van der Waals surface area contributed by atoms with Gasteiger partial charge >= 0.3 is 0 Å². The summed E-state index contributed by atoms with van der Waals surface area (Å²) in [5.41, 5.74) is 2.00. The van der Waals surface area contributed by atoms with Crippen molar-refractivity contribution in [3.63, 3.8) is 0 Å². The van der Waals surface area contributed by atoms with E-state index in [9.17, 15) is 9.18 Å². The molecule has 1 aromatic heterocycles. The molecule has 0 aliphatic heterocycles. The molecule has 110 valence electrons. The van der Waals surface area contributed by atoms with Crippen LogP contribution in [0.2, 0.25) is 0 Å². The molecule has 1 heterocycles. The summed E-state index contributed by atoms with van der Waals surface area (Å²) < 4.78 is 15.2. The molecule has 0 saturated carbocycles. The summed E-state index contributed by atoms with van der Waals surface area (Å²) in [5, 5.41) is 6.87. The van der Waals surface area contributed by atoms with E-state index in [2.05, 4.69) is 10.4 Å². The first-order chi connectivity index (χ1) is 10.6. The Morgan fingerprint density at radius 2 is 1.95 bits per heavy atom. The zero-order valence-electron chi connectivity index (χ0n) is 12.0. The number of amides is 1. The van der Waals surface area contributed by atoms with E-state index in [-0.39, 0.29) is 5.56 Å². The van der Waals surface area contributed by atoms with Gasteiger partial charge in [-0.3, -0.25) is 4.79 Å². The number of nitrogens with one attached hydrogen (secondary N) is 1. The number of hydrogen-bond acceptors (Lipinski definition) is 2. The summed E-state index contributed by atoms with van der Waals surface area (Å²) in [4.78, 5) is 12.0. The number of carbonyl (C=O) groups is 1. The standard InChI is InChI=1S/C17H14FN3O/c1-12-5-4-6-13(11-12)21-10-9-16(20-21)19-17(22)14-7-2-3-8-15(14)18/h2-11H,1H3,(H,19,20,22). The maximum atomic E-state index is 13.6. The van der Waals surface area contributed by atoms with E-state index >= 15 is 0 Å². The number of nitrogens with zero attached hydrogens (tertiary/aromatic N) is 2. The average molecular weight is 295 g/mol. The molecule has 4 nitrogen and oxygen atoms in total. The lowest BCUT2D eigenvalue weighted by molar-refractivity contribution is 0.102. The highest BCUT2D eigenvalue weighted by Gasteiger charge is 2.12. The Hall–Kier alpha value is -2.95. The minimum Gasteiger partial charge on any atom is -0.305 e. The van der Waals surface area contributed by atoms with Crippen molar-refractivity contribution >= 4 is 11.7 Å². The van der Waals surface area contributed by atoms with Crippen LogP contribution < -0.4 is 5.32 Å². The van der Waals surface area contributed by atoms with Gasteiger partial charge in [0.15, 0.2) is 5.82 Å². The van der Waals surface area contributed by atoms with Crippen molar-refractivity contribution in [1.29, 1.82) is 0 Å². The fourth-order valence-corrected chi connectivity index (χ4v) is 2.13. The Balaban J connectivity index is 1.80. The van der Waals surface area contributed by atoms with Crippen molar-refractivity contribution in [3.8, 4) is 5.69 Å². The summed E-state index contributed by atoms with van der Waals surface area (Å²) in [6.45, 7) is 1.99. The summed E-state index contributed by atoms with van der Waals surface area (Å²) >= 11 is 0. The fraction of sp³-hybridized carbons (Fsp3) is 0.0588.